The van der Waals surface area contributed by atoms with Crippen molar-refractivity contribution in [2.24, 2.45) is 5.92 Å². The third-order valence-electron chi connectivity index (χ3n) is 3.73. The van der Waals surface area contributed by atoms with Crippen LogP contribution in [0, 0.1) is 5.92 Å². The highest BCUT2D eigenvalue weighted by atomic mass is 16.5. The molecular weight excluding hydrogens is 304 g/mol. The number of benzene rings is 1. The second-order valence-electron chi connectivity index (χ2n) is 6.38. The minimum absolute atomic E-state index is 0.533. The van der Waals surface area contributed by atoms with Crippen LogP contribution in [0.15, 0.2) is 35.0 Å². The van der Waals surface area contributed by atoms with Crippen LogP contribution in [-0.2, 0) is 24.2 Å². The molecule has 0 bridgehead atoms. The van der Waals surface area contributed by atoms with Crippen molar-refractivity contribution >= 4 is 17.1 Å². The van der Waals surface area contributed by atoms with E-state index in [-0.39, 0.29) is 0 Å². The van der Waals surface area contributed by atoms with Crippen molar-refractivity contribution in [1.29, 1.82) is 0 Å². The summed E-state index contributed by atoms with van der Waals surface area (Å²) in [4.78, 5) is 4.51. The predicted molar refractivity (Wildman–Crippen MR) is 94.0 cm³/mol. The van der Waals surface area contributed by atoms with Gasteiger partial charge in [-0.1, -0.05) is 19.9 Å². The van der Waals surface area contributed by atoms with Crippen LogP contribution in [-0.4, -0.2) is 28.5 Å². The van der Waals surface area contributed by atoms with Crippen molar-refractivity contribution in [1.82, 2.24) is 14.8 Å². The van der Waals surface area contributed by atoms with Crippen molar-refractivity contribution < 1.29 is 9.15 Å². The van der Waals surface area contributed by atoms with Crippen LogP contribution in [0.2, 0.25) is 0 Å². The lowest BCUT2D eigenvalue weighted by Gasteiger charge is -2.03. The maximum atomic E-state index is 5.74. The first kappa shape index (κ1) is 16.5. The molecule has 3 rings (SSSR count). The molecule has 0 atom stereocenters. The minimum Gasteiger partial charge on any atom is -0.424 e. The first-order chi connectivity index (χ1) is 11.6. The summed E-state index contributed by atoms with van der Waals surface area (Å²) in [5.74, 6) is 0.579. The molecule has 0 saturated carbocycles. The summed E-state index contributed by atoms with van der Waals surface area (Å²) in [5, 5.41) is 7.59. The average Bonchev–Trinajstić information content (AvgIpc) is 3.16. The molecule has 24 heavy (non-hydrogen) atoms. The van der Waals surface area contributed by atoms with Crippen molar-refractivity contribution in [2.45, 2.75) is 33.4 Å². The number of anilines is 1. The van der Waals surface area contributed by atoms with Gasteiger partial charge in [0.2, 0.25) is 0 Å². The molecule has 2 heterocycles. The monoisotopic (exact) mass is 328 g/mol. The van der Waals surface area contributed by atoms with Crippen LogP contribution < -0.4 is 5.32 Å². The van der Waals surface area contributed by atoms with E-state index in [1.165, 1.54) is 5.56 Å². The zero-order chi connectivity index (χ0) is 16.9. The molecule has 3 aromatic rings. The number of fused-ring (bicyclic) bond motifs is 1. The molecule has 1 N–H and O–H groups in total. The fourth-order valence-corrected chi connectivity index (χ4v) is 2.57. The van der Waals surface area contributed by atoms with E-state index in [2.05, 4.69) is 35.4 Å². The van der Waals surface area contributed by atoms with E-state index in [0.29, 0.717) is 25.1 Å². The lowest BCUT2D eigenvalue weighted by Crippen LogP contribution is -2.04. The normalized spacial score (nSPS) is 11.5. The van der Waals surface area contributed by atoms with Gasteiger partial charge in [0, 0.05) is 32.0 Å². The van der Waals surface area contributed by atoms with Gasteiger partial charge in [0.15, 0.2) is 5.58 Å². The summed E-state index contributed by atoms with van der Waals surface area (Å²) >= 11 is 0. The molecule has 0 amide bonds. The standard InChI is InChI=1S/C18H24N4O2/c1-13(2)11-22-12-15(10-20-22)9-19-18-21-16-8-14(6-7-23-3)4-5-17(16)24-18/h4-5,8,10,12-13H,6-7,9,11H2,1-3H3,(H,19,21). The Labute approximate surface area is 141 Å². The lowest BCUT2D eigenvalue weighted by molar-refractivity contribution is 0.202. The van der Waals surface area contributed by atoms with Gasteiger partial charge < -0.3 is 14.5 Å². The Morgan fingerprint density at radius 1 is 1.29 bits per heavy atom. The molecule has 0 aliphatic carbocycles. The summed E-state index contributed by atoms with van der Waals surface area (Å²) in [6.45, 7) is 6.63. The Kier molecular flexibility index (Phi) is 5.15. The van der Waals surface area contributed by atoms with Gasteiger partial charge in [0.25, 0.3) is 6.01 Å². The Hall–Kier alpha value is -2.34. The van der Waals surface area contributed by atoms with Crippen LogP contribution in [0.5, 0.6) is 0 Å². The van der Waals surface area contributed by atoms with Gasteiger partial charge in [0.05, 0.1) is 12.8 Å². The first-order valence-electron chi connectivity index (χ1n) is 8.27. The van der Waals surface area contributed by atoms with Gasteiger partial charge in [-0.2, -0.15) is 10.1 Å². The number of ether oxygens (including phenoxy) is 1. The van der Waals surface area contributed by atoms with Gasteiger partial charge in [-0.3, -0.25) is 4.68 Å². The number of hydrogen-bond donors (Lipinski definition) is 1. The molecule has 6 nitrogen and oxygen atoms in total. The molecule has 0 spiro atoms. The minimum atomic E-state index is 0.533. The van der Waals surface area contributed by atoms with Gasteiger partial charge in [-0.05, 0) is 30.0 Å². The first-order valence-corrected chi connectivity index (χ1v) is 8.27. The molecule has 0 radical (unpaired) electrons. The van der Waals surface area contributed by atoms with E-state index >= 15 is 0 Å². The van der Waals surface area contributed by atoms with Gasteiger partial charge in [-0.25, -0.2) is 0 Å². The molecule has 0 aliphatic rings. The van der Waals surface area contributed by atoms with E-state index in [4.69, 9.17) is 9.15 Å². The number of aromatic nitrogens is 3. The Bertz CT molecular complexity index is 791. The van der Waals surface area contributed by atoms with E-state index in [9.17, 15) is 0 Å². The maximum absolute atomic E-state index is 5.74. The second kappa shape index (κ2) is 7.49. The zero-order valence-corrected chi connectivity index (χ0v) is 14.5. The van der Waals surface area contributed by atoms with Crippen LogP contribution in [0.3, 0.4) is 0 Å². The number of nitrogens with zero attached hydrogens (tertiary/aromatic N) is 3. The maximum Gasteiger partial charge on any atom is 0.295 e. The summed E-state index contributed by atoms with van der Waals surface area (Å²) in [6, 6.07) is 6.58. The molecule has 0 aliphatic heterocycles. The summed E-state index contributed by atoms with van der Waals surface area (Å²) in [7, 11) is 1.71. The number of methoxy groups -OCH3 is 1. The van der Waals surface area contributed by atoms with E-state index < -0.39 is 0 Å². The molecule has 6 heteroatoms. The van der Waals surface area contributed by atoms with Crippen molar-refractivity contribution in [3.8, 4) is 0 Å². The predicted octanol–water partition coefficient (Wildman–Crippen LogP) is 3.48. The van der Waals surface area contributed by atoms with Crippen LogP contribution >= 0.6 is 0 Å². The molecular formula is C18H24N4O2. The largest absolute Gasteiger partial charge is 0.424 e. The molecule has 0 fully saturated rings. The van der Waals surface area contributed by atoms with Gasteiger partial charge >= 0.3 is 0 Å². The average molecular weight is 328 g/mol. The second-order valence-corrected chi connectivity index (χ2v) is 6.38. The van der Waals surface area contributed by atoms with E-state index in [0.717, 1.165) is 29.6 Å². The molecule has 0 saturated heterocycles. The molecule has 1 aromatic carbocycles. The van der Waals surface area contributed by atoms with Gasteiger partial charge in [-0.15, -0.1) is 0 Å². The van der Waals surface area contributed by atoms with Crippen LogP contribution in [0.25, 0.3) is 11.1 Å². The highest BCUT2D eigenvalue weighted by Gasteiger charge is 2.07. The quantitative estimate of drug-likeness (QED) is 0.686. The smallest absolute Gasteiger partial charge is 0.295 e. The summed E-state index contributed by atoms with van der Waals surface area (Å²) in [5.41, 5.74) is 3.95. The van der Waals surface area contributed by atoms with Crippen LogP contribution in [0.1, 0.15) is 25.0 Å². The third-order valence-corrected chi connectivity index (χ3v) is 3.73. The summed E-state index contributed by atoms with van der Waals surface area (Å²) in [6.07, 6.45) is 4.80. The van der Waals surface area contributed by atoms with Crippen molar-refractivity contribution in [3.05, 3.63) is 41.7 Å². The van der Waals surface area contributed by atoms with Crippen molar-refractivity contribution in [2.75, 3.05) is 19.0 Å². The molecule has 2 aromatic heterocycles. The van der Waals surface area contributed by atoms with Crippen molar-refractivity contribution in [3.63, 3.8) is 0 Å². The highest BCUT2D eigenvalue weighted by molar-refractivity contribution is 5.75. The Morgan fingerprint density at radius 3 is 2.96 bits per heavy atom. The lowest BCUT2D eigenvalue weighted by atomic mass is 10.1. The third kappa shape index (κ3) is 4.14. The number of rotatable bonds is 8. The van der Waals surface area contributed by atoms with E-state index in [1.807, 2.05) is 29.1 Å². The summed E-state index contributed by atoms with van der Waals surface area (Å²) < 4.78 is 12.8. The van der Waals surface area contributed by atoms with E-state index in [1.54, 1.807) is 7.11 Å². The molecule has 0 unspecified atom stereocenters. The SMILES string of the molecule is COCCc1ccc2oc(NCc3cnn(CC(C)C)c3)nc2c1. The highest BCUT2D eigenvalue weighted by Crippen LogP contribution is 2.21. The van der Waals surface area contributed by atoms with Gasteiger partial charge in [0.1, 0.15) is 5.52 Å². The topological polar surface area (TPSA) is 65.1 Å². The molecule has 128 valence electrons. The number of oxazole rings is 1. The fourth-order valence-electron chi connectivity index (χ4n) is 2.57. The Balaban J connectivity index is 1.63. The number of nitrogens with one attached hydrogen (secondary N) is 1. The number of hydrogen-bond acceptors (Lipinski definition) is 5. The fraction of sp³-hybridized carbons (Fsp3) is 0.444. The zero-order valence-electron chi connectivity index (χ0n) is 14.5. The van der Waals surface area contributed by atoms with Crippen LogP contribution in [0.4, 0.5) is 6.01 Å². The Morgan fingerprint density at radius 2 is 2.17 bits per heavy atom.